The number of carbonyl (C=O) groups is 1. The van der Waals surface area contributed by atoms with Crippen LogP contribution in [0.2, 0.25) is 0 Å². The molecule has 0 radical (unpaired) electrons. The first-order chi connectivity index (χ1) is 15.8. The molecule has 32 heavy (non-hydrogen) atoms. The summed E-state index contributed by atoms with van der Waals surface area (Å²) in [6, 6.07) is 17.9. The van der Waals surface area contributed by atoms with E-state index in [0.29, 0.717) is 11.8 Å². The Morgan fingerprint density at radius 1 is 1.03 bits per heavy atom. The number of amides is 1. The van der Waals surface area contributed by atoms with Gasteiger partial charge in [0.2, 0.25) is 0 Å². The monoisotopic (exact) mass is 431 g/mol. The number of hydrogen-bond donors (Lipinski definition) is 2. The van der Waals surface area contributed by atoms with Gasteiger partial charge in [-0.25, -0.2) is 0 Å². The zero-order valence-corrected chi connectivity index (χ0v) is 18.1. The van der Waals surface area contributed by atoms with Crippen molar-refractivity contribution in [3.8, 4) is 5.75 Å². The predicted molar refractivity (Wildman–Crippen MR) is 126 cm³/mol. The van der Waals surface area contributed by atoms with Crippen LogP contribution < -0.4 is 20.3 Å². The van der Waals surface area contributed by atoms with E-state index in [4.69, 9.17) is 4.74 Å². The quantitative estimate of drug-likeness (QED) is 0.541. The third kappa shape index (κ3) is 6.52. The minimum Gasteiger partial charge on any atom is -0.484 e. The molecule has 0 spiro atoms. The van der Waals surface area contributed by atoms with E-state index in [0.717, 1.165) is 50.3 Å². The minimum atomic E-state index is -0.171. The maximum atomic E-state index is 12.1. The van der Waals surface area contributed by atoms with Crippen LogP contribution in [0.1, 0.15) is 18.5 Å². The Balaban J connectivity index is 1.17. The number of anilines is 2. The predicted octanol–water partition coefficient (Wildman–Crippen LogP) is 3.30. The molecule has 2 N–H and O–H groups in total. The van der Waals surface area contributed by atoms with Crippen molar-refractivity contribution in [3.63, 3.8) is 0 Å². The summed E-state index contributed by atoms with van der Waals surface area (Å²) >= 11 is 0. The average Bonchev–Trinajstić information content (AvgIpc) is 2.85. The summed E-state index contributed by atoms with van der Waals surface area (Å²) in [5.74, 6) is 0.514. The van der Waals surface area contributed by atoms with Crippen molar-refractivity contribution in [2.24, 2.45) is 0 Å². The van der Waals surface area contributed by atoms with E-state index in [1.54, 1.807) is 12.4 Å². The molecule has 0 bridgehead atoms. The largest absolute Gasteiger partial charge is 0.484 e. The molecule has 0 aliphatic carbocycles. The second-order valence-corrected chi connectivity index (χ2v) is 7.86. The summed E-state index contributed by atoms with van der Waals surface area (Å²) in [6.07, 6.45) is 8.38. The van der Waals surface area contributed by atoms with Crippen LogP contribution in [-0.2, 0) is 11.2 Å². The molecule has 1 aliphatic heterocycles. The molecular formula is C25H29N5O2. The minimum absolute atomic E-state index is 0.0108. The van der Waals surface area contributed by atoms with Crippen molar-refractivity contribution in [1.82, 2.24) is 15.3 Å². The van der Waals surface area contributed by atoms with E-state index in [1.807, 2.05) is 48.7 Å². The Labute approximate surface area is 188 Å². The van der Waals surface area contributed by atoms with Crippen LogP contribution >= 0.6 is 0 Å². The van der Waals surface area contributed by atoms with E-state index < -0.39 is 0 Å². The number of para-hydroxylation sites is 1. The first-order valence-electron chi connectivity index (χ1n) is 11.1. The van der Waals surface area contributed by atoms with Crippen LogP contribution in [-0.4, -0.2) is 48.2 Å². The molecule has 2 heterocycles. The second-order valence-electron chi connectivity index (χ2n) is 7.86. The lowest BCUT2D eigenvalue weighted by atomic mass is 10.0. The SMILES string of the molecule is O=C(COc1ccccc1)Nc1ccc(N2CCC(NCCc3cnccn3)CC2)cc1. The second kappa shape index (κ2) is 11.2. The smallest absolute Gasteiger partial charge is 0.262 e. The standard InChI is InChI=1S/C25H29N5O2/c31-25(19-32-24-4-2-1-3-5-24)29-21-6-8-23(9-7-21)30-16-11-20(12-17-30)27-13-10-22-18-26-14-15-28-22/h1-9,14-15,18,20,27H,10-13,16-17,19H2,(H,29,31). The third-order valence-electron chi connectivity index (χ3n) is 5.56. The molecule has 0 saturated carbocycles. The van der Waals surface area contributed by atoms with Gasteiger partial charge in [-0.05, 0) is 49.2 Å². The van der Waals surface area contributed by atoms with Crippen molar-refractivity contribution in [2.45, 2.75) is 25.3 Å². The van der Waals surface area contributed by atoms with Crippen molar-refractivity contribution in [3.05, 3.63) is 78.9 Å². The Morgan fingerprint density at radius 3 is 2.53 bits per heavy atom. The maximum absolute atomic E-state index is 12.1. The van der Waals surface area contributed by atoms with E-state index in [2.05, 4.69) is 37.6 Å². The summed E-state index contributed by atoms with van der Waals surface area (Å²) in [5, 5.41) is 6.53. The van der Waals surface area contributed by atoms with Crippen LogP contribution in [0.4, 0.5) is 11.4 Å². The first kappa shape index (κ1) is 21.8. The summed E-state index contributed by atoms with van der Waals surface area (Å²) in [6.45, 7) is 2.94. The molecule has 166 valence electrons. The Bertz CT molecular complexity index is 959. The molecule has 0 unspecified atom stereocenters. The molecule has 0 atom stereocenters. The molecule has 2 aromatic carbocycles. The lowest BCUT2D eigenvalue weighted by Gasteiger charge is -2.34. The number of nitrogens with one attached hydrogen (secondary N) is 2. The summed E-state index contributed by atoms with van der Waals surface area (Å²) in [5.41, 5.74) is 2.98. The zero-order chi connectivity index (χ0) is 22.0. The van der Waals surface area contributed by atoms with Gasteiger partial charge in [0.15, 0.2) is 6.61 Å². The van der Waals surface area contributed by atoms with Crippen LogP contribution in [0.15, 0.2) is 73.2 Å². The molecule has 4 rings (SSSR count). The lowest BCUT2D eigenvalue weighted by molar-refractivity contribution is -0.118. The lowest BCUT2D eigenvalue weighted by Crippen LogP contribution is -2.43. The van der Waals surface area contributed by atoms with E-state index in [9.17, 15) is 4.79 Å². The normalized spacial score (nSPS) is 14.2. The molecule has 7 heteroatoms. The van der Waals surface area contributed by atoms with Crippen molar-refractivity contribution >= 4 is 17.3 Å². The van der Waals surface area contributed by atoms with E-state index in [-0.39, 0.29) is 12.5 Å². The molecule has 1 aromatic heterocycles. The number of rotatable bonds is 9. The first-order valence-corrected chi connectivity index (χ1v) is 11.1. The van der Waals surface area contributed by atoms with Gasteiger partial charge in [-0.15, -0.1) is 0 Å². The number of piperidine rings is 1. The van der Waals surface area contributed by atoms with Crippen molar-refractivity contribution < 1.29 is 9.53 Å². The number of aromatic nitrogens is 2. The van der Waals surface area contributed by atoms with Crippen LogP contribution in [0.3, 0.4) is 0 Å². The van der Waals surface area contributed by atoms with Gasteiger partial charge >= 0.3 is 0 Å². The maximum Gasteiger partial charge on any atom is 0.262 e. The molecule has 1 fully saturated rings. The Morgan fingerprint density at radius 2 is 1.81 bits per heavy atom. The van der Waals surface area contributed by atoms with Gasteiger partial charge in [0.25, 0.3) is 5.91 Å². The highest BCUT2D eigenvalue weighted by molar-refractivity contribution is 5.92. The van der Waals surface area contributed by atoms with Crippen molar-refractivity contribution in [2.75, 3.05) is 36.5 Å². The van der Waals surface area contributed by atoms with Crippen LogP contribution in [0, 0.1) is 0 Å². The van der Waals surface area contributed by atoms with E-state index in [1.165, 1.54) is 5.69 Å². The van der Waals surface area contributed by atoms with Gasteiger partial charge in [-0.1, -0.05) is 18.2 Å². The highest BCUT2D eigenvalue weighted by Gasteiger charge is 2.19. The summed E-state index contributed by atoms with van der Waals surface area (Å²) in [7, 11) is 0. The van der Waals surface area contributed by atoms with Gasteiger partial charge in [0.1, 0.15) is 5.75 Å². The van der Waals surface area contributed by atoms with Gasteiger partial charge in [-0.2, -0.15) is 0 Å². The van der Waals surface area contributed by atoms with Gasteiger partial charge in [0, 0.05) is 62.1 Å². The van der Waals surface area contributed by atoms with Crippen molar-refractivity contribution in [1.29, 1.82) is 0 Å². The fourth-order valence-corrected chi connectivity index (χ4v) is 3.82. The topological polar surface area (TPSA) is 79.4 Å². The molecule has 1 amide bonds. The molecule has 1 aliphatic rings. The molecule has 7 nitrogen and oxygen atoms in total. The molecular weight excluding hydrogens is 402 g/mol. The molecule has 1 saturated heterocycles. The highest BCUT2D eigenvalue weighted by atomic mass is 16.5. The Hall–Kier alpha value is -3.45. The number of nitrogens with zero attached hydrogens (tertiary/aromatic N) is 3. The fourth-order valence-electron chi connectivity index (χ4n) is 3.82. The highest BCUT2D eigenvalue weighted by Crippen LogP contribution is 2.22. The number of carbonyl (C=O) groups excluding carboxylic acids is 1. The summed E-state index contributed by atoms with van der Waals surface area (Å²) < 4.78 is 5.49. The average molecular weight is 432 g/mol. The number of hydrogen-bond acceptors (Lipinski definition) is 6. The number of benzene rings is 2. The van der Waals surface area contributed by atoms with Gasteiger partial charge in [0.05, 0.1) is 5.69 Å². The molecule has 3 aromatic rings. The van der Waals surface area contributed by atoms with E-state index >= 15 is 0 Å². The third-order valence-corrected chi connectivity index (χ3v) is 5.56. The summed E-state index contributed by atoms with van der Waals surface area (Å²) in [4.78, 5) is 22.9. The fraction of sp³-hybridized carbons (Fsp3) is 0.320. The van der Waals surface area contributed by atoms with Gasteiger partial charge < -0.3 is 20.3 Å². The van der Waals surface area contributed by atoms with Crippen LogP contribution in [0.25, 0.3) is 0 Å². The Kier molecular flexibility index (Phi) is 7.65. The van der Waals surface area contributed by atoms with Gasteiger partial charge in [-0.3, -0.25) is 14.8 Å². The zero-order valence-electron chi connectivity index (χ0n) is 18.1. The van der Waals surface area contributed by atoms with Crippen LogP contribution in [0.5, 0.6) is 5.75 Å². The number of ether oxygens (including phenoxy) is 1.